The normalized spacial score (nSPS) is 12.7. The summed E-state index contributed by atoms with van der Waals surface area (Å²) in [4.78, 5) is 0. The highest BCUT2D eigenvalue weighted by Gasteiger charge is 2.17. The van der Waals surface area contributed by atoms with Gasteiger partial charge in [0.15, 0.2) is 0 Å². The third-order valence-electron chi connectivity index (χ3n) is 3.08. The highest BCUT2D eigenvalue weighted by atomic mass is 79.9. The van der Waals surface area contributed by atoms with Crippen molar-refractivity contribution in [3.05, 3.63) is 57.2 Å². The molecular formula is C14H16BrFN2O. The summed E-state index contributed by atoms with van der Waals surface area (Å²) in [5.74, 6) is 7.06. The van der Waals surface area contributed by atoms with Gasteiger partial charge in [0, 0.05) is 5.56 Å². The molecule has 1 unspecified atom stereocenters. The molecule has 0 saturated heterocycles. The zero-order chi connectivity index (χ0) is 14.0. The largest absolute Gasteiger partial charge is 0.466 e. The number of nitrogens with one attached hydrogen (secondary N) is 1. The van der Waals surface area contributed by atoms with Gasteiger partial charge >= 0.3 is 0 Å². The van der Waals surface area contributed by atoms with Crippen molar-refractivity contribution in [2.24, 2.45) is 5.84 Å². The molecule has 0 fully saturated rings. The quantitative estimate of drug-likeness (QED) is 0.667. The Balaban J connectivity index is 2.23. The van der Waals surface area contributed by atoms with Crippen molar-refractivity contribution in [1.82, 2.24) is 5.43 Å². The smallest absolute Gasteiger partial charge is 0.137 e. The summed E-state index contributed by atoms with van der Waals surface area (Å²) in [6.45, 7) is 3.81. The molecule has 0 bridgehead atoms. The van der Waals surface area contributed by atoms with Crippen molar-refractivity contribution in [2.75, 3.05) is 0 Å². The summed E-state index contributed by atoms with van der Waals surface area (Å²) in [5.41, 5.74) is 4.81. The van der Waals surface area contributed by atoms with E-state index < -0.39 is 0 Å². The zero-order valence-corrected chi connectivity index (χ0v) is 12.4. The number of hydrogen-bond donors (Lipinski definition) is 2. The molecule has 0 amide bonds. The molecule has 3 N–H and O–H groups in total. The number of hydrazine groups is 1. The van der Waals surface area contributed by atoms with Gasteiger partial charge < -0.3 is 4.42 Å². The molecule has 3 nitrogen and oxygen atoms in total. The van der Waals surface area contributed by atoms with Crippen LogP contribution in [0.5, 0.6) is 0 Å². The fraction of sp³-hybridized carbons (Fsp3) is 0.286. The van der Waals surface area contributed by atoms with Crippen LogP contribution in [-0.2, 0) is 6.42 Å². The average molecular weight is 327 g/mol. The number of benzene rings is 1. The fourth-order valence-corrected chi connectivity index (χ4v) is 2.58. The van der Waals surface area contributed by atoms with Crippen LogP contribution < -0.4 is 11.3 Å². The van der Waals surface area contributed by atoms with Crippen LogP contribution in [0, 0.1) is 19.7 Å². The monoisotopic (exact) mass is 326 g/mol. The summed E-state index contributed by atoms with van der Waals surface area (Å²) in [6, 6.07) is 6.88. The highest BCUT2D eigenvalue weighted by molar-refractivity contribution is 9.10. The molecule has 102 valence electrons. The van der Waals surface area contributed by atoms with Crippen molar-refractivity contribution >= 4 is 15.9 Å². The maximum Gasteiger partial charge on any atom is 0.137 e. The van der Waals surface area contributed by atoms with E-state index in [1.807, 2.05) is 19.9 Å². The second-order valence-electron chi connectivity index (χ2n) is 4.54. The second kappa shape index (κ2) is 5.86. The molecule has 0 aliphatic heterocycles. The Bertz CT molecular complexity index is 583. The fourth-order valence-electron chi connectivity index (χ4n) is 2.16. The van der Waals surface area contributed by atoms with Crippen LogP contribution in [-0.4, -0.2) is 0 Å². The Kier molecular flexibility index (Phi) is 4.39. The van der Waals surface area contributed by atoms with Crippen molar-refractivity contribution in [3.8, 4) is 0 Å². The minimum absolute atomic E-state index is 0.0604. The van der Waals surface area contributed by atoms with Gasteiger partial charge in [0.05, 0.1) is 10.5 Å². The van der Waals surface area contributed by atoms with Crippen molar-refractivity contribution < 1.29 is 8.81 Å². The Hall–Kier alpha value is -1.17. The zero-order valence-electron chi connectivity index (χ0n) is 10.8. The third kappa shape index (κ3) is 3.23. The highest BCUT2D eigenvalue weighted by Crippen LogP contribution is 2.26. The number of rotatable bonds is 4. The maximum absolute atomic E-state index is 13.2. The van der Waals surface area contributed by atoms with Gasteiger partial charge in [-0.15, -0.1) is 0 Å². The lowest BCUT2D eigenvalue weighted by Gasteiger charge is -2.15. The van der Waals surface area contributed by atoms with Gasteiger partial charge in [-0.1, -0.05) is 6.07 Å². The van der Waals surface area contributed by atoms with Crippen LogP contribution in [0.25, 0.3) is 0 Å². The molecule has 2 rings (SSSR count). The molecule has 2 aromatic rings. The van der Waals surface area contributed by atoms with Crippen LogP contribution in [0.3, 0.4) is 0 Å². The van der Waals surface area contributed by atoms with Crippen LogP contribution in [0.2, 0.25) is 0 Å². The van der Waals surface area contributed by atoms with E-state index in [0.717, 1.165) is 22.6 Å². The minimum atomic E-state index is -0.267. The number of furan rings is 1. The summed E-state index contributed by atoms with van der Waals surface area (Å²) in [5, 5.41) is 0. The molecule has 19 heavy (non-hydrogen) atoms. The van der Waals surface area contributed by atoms with Crippen molar-refractivity contribution in [3.63, 3.8) is 0 Å². The first-order valence-electron chi connectivity index (χ1n) is 5.98. The van der Waals surface area contributed by atoms with E-state index >= 15 is 0 Å². The summed E-state index contributed by atoms with van der Waals surface area (Å²) in [7, 11) is 0. The molecule has 0 radical (unpaired) electrons. The summed E-state index contributed by atoms with van der Waals surface area (Å²) < 4.78 is 19.2. The Morgan fingerprint density at radius 2 is 2.11 bits per heavy atom. The van der Waals surface area contributed by atoms with Gasteiger partial charge in [-0.05, 0) is 60.0 Å². The maximum atomic E-state index is 13.2. The topological polar surface area (TPSA) is 51.2 Å². The number of halogens is 2. The Morgan fingerprint density at radius 3 is 2.63 bits per heavy atom. The van der Waals surface area contributed by atoms with Crippen LogP contribution in [0.15, 0.2) is 33.2 Å². The predicted molar refractivity (Wildman–Crippen MR) is 76.1 cm³/mol. The van der Waals surface area contributed by atoms with E-state index in [0.29, 0.717) is 10.9 Å². The number of nitrogens with two attached hydrogens (primary N) is 1. The lowest BCUT2D eigenvalue weighted by atomic mass is 9.99. The van der Waals surface area contributed by atoms with Crippen LogP contribution in [0.1, 0.15) is 28.7 Å². The van der Waals surface area contributed by atoms with E-state index in [1.54, 1.807) is 12.1 Å². The average Bonchev–Trinajstić information content (AvgIpc) is 2.70. The molecule has 1 aromatic carbocycles. The predicted octanol–water partition coefficient (Wildman–Crippen LogP) is 3.55. The van der Waals surface area contributed by atoms with Gasteiger partial charge in [-0.2, -0.15) is 0 Å². The Labute approximate surface area is 120 Å². The molecule has 0 aliphatic carbocycles. The van der Waals surface area contributed by atoms with Crippen molar-refractivity contribution in [2.45, 2.75) is 26.3 Å². The Morgan fingerprint density at radius 1 is 1.37 bits per heavy atom. The lowest BCUT2D eigenvalue weighted by Crippen LogP contribution is -2.29. The summed E-state index contributed by atoms with van der Waals surface area (Å²) in [6.07, 6.45) is 0.662. The molecule has 0 spiro atoms. The molecule has 1 aromatic heterocycles. The van der Waals surface area contributed by atoms with Gasteiger partial charge in [-0.3, -0.25) is 11.3 Å². The third-order valence-corrected chi connectivity index (χ3v) is 3.69. The molecule has 0 saturated carbocycles. The van der Waals surface area contributed by atoms with E-state index in [4.69, 9.17) is 10.3 Å². The van der Waals surface area contributed by atoms with Gasteiger partial charge in [0.25, 0.3) is 0 Å². The van der Waals surface area contributed by atoms with E-state index in [9.17, 15) is 4.39 Å². The van der Waals surface area contributed by atoms with Crippen LogP contribution in [0.4, 0.5) is 4.39 Å². The second-order valence-corrected chi connectivity index (χ2v) is 5.39. The van der Waals surface area contributed by atoms with Crippen molar-refractivity contribution in [1.29, 1.82) is 0 Å². The molecule has 1 atom stereocenters. The standard InChI is InChI=1S/C14H16BrFN2O/c1-8-5-11(9(2)19-8)14(18-17)7-10-3-4-13(16)12(15)6-10/h3-6,14,18H,7,17H2,1-2H3. The number of hydrogen-bond acceptors (Lipinski definition) is 3. The SMILES string of the molecule is Cc1cc(C(Cc2ccc(F)c(Br)c2)NN)c(C)o1. The first-order chi connectivity index (χ1) is 9.01. The van der Waals surface area contributed by atoms with E-state index in [2.05, 4.69) is 21.4 Å². The van der Waals surface area contributed by atoms with E-state index in [-0.39, 0.29) is 11.9 Å². The molecule has 5 heteroatoms. The molecule has 0 aliphatic rings. The van der Waals surface area contributed by atoms with E-state index in [1.165, 1.54) is 6.07 Å². The van der Waals surface area contributed by atoms with Gasteiger partial charge in [0.1, 0.15) is 17.3 Å². The lowest BCUT2D eigenvalue weighted by molar-refractivity contribution is 0.484. The molecule has 1 heterocycles. The van der Waals surface area contributed by atoms with Gasteiger partial charge in [-0.25, -0.2) is 4.39 Å². The molecular weight excluding hydrogens is 311 g/mol. The van der Waals surface area contributed by atoms with Crippen LogP contribution >= 0.6 is 15.9 Å². The first-order valence-corrected chi connectivity index (χ1v) is 6.77. The number of aryl methyl sites for hydroxylation is 2. The minimum Gasteiger partial charge on any atom is -0.466 e. The van der Waals surface area contributed by atoms with Gasteiger partial charge in [0.2, 0.25) is 0 Å². The first kappa shape index (κ1) is 14.2. The summed E-state index contributed by atoms with van der Waals surface area (Å²) >= 11 is 3.19.